The molecule has 0 aliphatic carbocycles. The van der Waals surface area contributed by atoms with Crippen LogP contribution in [0.5, 0.6) is 0 Å². The Morgan fingerprint density at radius 1 is 1.10 bits per heavy atom. The zero-order valence-electron chi connectivity index (χ0n) is 10.4. The van der Waals surface area contributed by atoms with Crippen LogP contribution in [0.15, 0.2) is 36.4 Å². The first-order valence-corrected chi connectivity index (χ1v) is 7.99. The molecular weight excluding hydrogens is 443 g/mol. The summed E-state index contributed by atoms with van der Waals surface area (Å²) in [6, 6.07) is 11.7. The molecule has 0 fully saturated rings. The standard InChI is InChI=1S/C15H7Cl3INO/c16-8-2-4-14(19)11(5-8)15(21)12(7-20)10-3-1-9(17)6-13(10)18/h1-6,12H. The summed E-state index contributed by atoms with van der Waals surface area (Å²) >= 11 is 19.9. The van der Waals surface area contributed by atoms with Crippen LogP contribution in [0.25, 0.3) is 0 Å². The fourth-order valence-corrected chi connectivity index (χ4v) is 3.14. The van der Waals surface area contributed by atoms with Crippen LogP contribution >= 0.6 is 57.4 Å². The molecule has 2 rings (SSSR count). The van der Waals surface area contributed by atoms with E-state index in [0.717, 1.165) is 3.57 Å². The third-order valence-corrected chi connectivity index (χ3v) is 4.60. The molecule has 0 N–H and O–H groups in total. The van der Waals surface area contributed by atoms with Gasteiger partial charge in [0.15, 0.2) is 5.78 Å². The van der Waals surface area contributed by atoms with Crippen LogP contribution < -0.4 is 0 Å². The van der Waals surface area contributed by atoms with E-state index in [1.165, 1.54) is 6.07 Å². The molecule has 0 saturated carbocycles. The zero-order chi connectivity index (χ0) is 15.6. The third kappa shape index (κ3) is 3.70. The highest BCUT2D eigenvalue weighted by Crippen LogP contribution is 2.31. The van der Waals surface area contributed by atoms with E-state index in [9.17, 15) is 10.1 Å². The molecule has 0 saturated heterocycles. The summed E-state index contributed by atoms with van der Waals surface area (Å²) in [6.07, 6.45) is 0. The highest BCUT2D eigenvalue weighted by atomic mass is 127. The molecule has 6 heteroatoms. The van der Waals surface area contributed by atoms with Gasteiger partial charge < -0.3 is 0 Å². The van der Waals surface area contributed by atoms with Gasteiger partial charge in [-0.25, -0.2) is 0 Å². The lowest BCUT2D eigenvalue weighted by atomic mass is 9.92. The zero-order valence-corrected chi connectivity index (χ0v) is 14.8. The second-order valence-electron chi connectivity index (χ2n) is 4.22. The molecule has 0 spiro atoms. The molecule has 1 atom stereocenters. The first-order chi connectivity index (χ1) is 9.93. The lowest BCUT2D eigenvalue weighted by Gasteiger charge is -2.12. The Kier molecular flexibility index (Phi) is 5.50. The maximum absolute atomic E-state index is 12.6. The summed E-state index contributed by atoms with van der Waals surface area (Å²) in [6.45, 7) is 0. The van der Waals surface area contributed by atoms with Crippen molar-refractivity contribution in [1.82, 2.24) is 0 Å². The van der Waals surface area contributed by atoms with Gasteiger partial charge in [-0.3, -0.25) is 4.79 Å². The number of nitriles is 1. The number of benzene rings is 2. The van der Waals surface area contributed by atoms with E-state index >= 15 is 0 Å². The van der Waals surface area contributed by atoms with Gasteiger partial charge in [0.25, 0.3) is 0 Å². The van der Waals surface area contributed by atoms with Crippen LogP contribution in [0.4, 0.5) is 0 Å². The predicted octanol–water partition coefficient (Wildman–Crippen LogP) is 5.74. The van der Waals surface area contributed by atoms with E-state index in [2.05, 4.69) is 0 Å². The summed E-state index contributed by atoms with van der Waals surface area (Å²) in [5.74, 6) is -1.34. The molecular formula is C15H7Cl3INO. The highest BCUT2D eigenvalue weighted by Gasteiger charge is 2.25. The first kappa shape index (κ1) is 16.6. The van der Waals surface area contributed by atoms with Crippen molar-refractivity contribution in [3.63, 3.8) is 0 Å². The van der Waals surface area contributed by atoms with Crippen LogP contribution in [0.2, 0.25) is 15.1 Å². The molecule has 0 heterocycles. The number of rotatable bonds is 3. The predicted molar refractivity (Wildman–Crippen MR) is 93.3 cm³/mol. The van der Waals surface area contributed by atoms with Crippen molar-refractivity contribution in [3.05, 3.63) is 66.2 Å². The summed E-state index contributed by atoms with van der Waals surface area (Å²) in [5.41, 5.74) is 0.838. The van der Waals surface area contributed by atoms with E-state index < -0.39 is 5.92 Å². The first-order valence-electron chi connectivity index (χ1n) is 5.78. The van der Waals surface area contributed by atoms with Crippen molar-refractivity contribution < 1.29 is 4.79 Å². The molecule has 0 bridgehead atoms. The average molecular weight is 450 g/mol. The van der Waals surface area contributed by atoms with Crippen molar-refractivity contribution in [3.8, 4) is 6.07 Å². The number of nitrogens with zero attached hydrogens (tertiary/aromatic N) is 1. The lowest BCUT2D eigenvalue weighted by molar-refractivity contribution is 0.0978. The Morgan fingerprint density at radius 2 is 1.71 bits per heavy atom. The number of halogens is 4. The van der Waals surface area contributed by atoms with Gasteiger partial charge >= 0.3 is 0 Å². The second kappa shape index (κ2) is 6.97. The minimum absolute atomic E-state index is 0.291. The average Bonchev–Trinajstić information content (AvgIpc) is 2.44. The van der Waals surface area contributed by atoms with E-state index in [1.54, 1.807) is 30.3 Å². The molecule has 0 aromatic heterocycles. The van der Waals surface area contributed by atoms with Gasteiger partial charge in [-0.2, -0.15) is 5.26 Å². The Morgan fingerprint density at radius 3 is 2.33 bits per heavy atom. The third-order valence-electron chi connectivity index (χ3n) is 2.86. The number of ketones is 1. The van der Waals surface area contributed by atoms with Crippen LogP contribution in [-0.4, -0.2) is 5.78 Å². The SMILES string of the molecule is N#CC(C(=O)c1cc(Cl)ccc1I)c1ccc(Cl)cc1Cl. The van der Waals surface area contributed by atoms with Gasteiger partial charge in [-0.1, -0.05) is 40.9 Å². The Hall–Kier alpha value is -0.800. The van der Waals surface area contributed by atoms with Gasteiger partial charge in [-0.15, -0.1) is 0 Å². The van der Waals surface area contributed by atoms with Crippen LogP contribution in [0, 0.1) is 14.9 Å². The highest BCUT2D eigenvalue weighted by molar-refractivity contribution is 14.1. The van der Waals surface area contributed by atoms with E-state index in [1.807, 2.05) is 28.7 Å². The van der Waals surface area contributed by atoms with Crippen molar-refractivity contribution in [2.75, 3.05) is 0 Å². The number of carbonyl (C=O) groups is 1. The van der Waals surface area contributed by atoms with E-state index in [0.29, 0.717) is 26.2 Å². The number of hydrogen-bond donors (Lipinski definition) is 0. The molecule has 2 aromatic rings. The minimum Gasteiger partial charge on any atom is -0.292 e. The quantitative estimate of drug-likeness (QED) is 0.442. The summed E-state index contributed by atoms with van der Waals surface area (Å²) in [7, 11) is 0. The van der Waals surface area contributed by atoms with Gasteiger partial charge in [0, 0.05) is 24.2 Å². The molecule has 0 aliphatic heterocycles. The normalized spacial score (nSPS) is 11.8. The van der Waals surface area contributed by atoms with E-state index in [-0.39, 0.29) is 5.78 Å². The fraction of sp³-hybridized carbons (Fsp3) is 0.0667. The van der Waals surface area contributed by atoms with Crippen molar-refractivity contribution in [2.45, 2.75) is 5.92 Å². The molecule has 106 valence electrons. The van der Waals surface area contributed by atoms with Crippen LogP contribution in [0.1, 0.15) is 21.8 Å². The topological polar surface area (TPSA) is 40.9 Å². The smallest absolute Gasteiger partial charge is 0.185 e. The Bertz CT molecular complexity index is 755. The molecule has 2 nitrogen and oxygen atoms in total. The Labute approximate surface area is 150 Å². The second-order valence-corrected chi connectivity index (χ2v) is 6.66. The monoisotopic (exact) mass is 449 g/mol. The summed E-state index contributed by atoms with van der Waals surface area (Å²) < 4.78 is 0.729. The minimum atomic E-state index is -0.998. The maximum atomic E-state index is 12.6. The van der Waals surface area contributed by atoms with Gasteiger partial charge in [0.2, 0.25) is 0 Å². The van der Waals surface area contributed by atoms with E-state index in [4.69, 9.17) is 34.8 Å². The van der Waals surface area contributed by atoms with Crippen molar-refractivity contribution >= 4 is 63.2 Å². The number of carbonyl (C=O) groups excluding carboxylic acids is 1. The number of Topliss-reactive ketones (excluding diaryl/α,β-unsaturated/α-hetero) is 1. The molecule has 21 heavy (non-hydrogen) atoms. The van der Waals surface area contributed by atoms with Crippen molar-refractivity contribution in [1.29, 1.82) is 5.26 Å². The van der Waals surface area contributed by atoms with Crippen LogP contribution in [0.3, 0.4) is 0 Å². The van der Waals surface area contributed by atoms with Gasteiger partial charge in [0.05, 0.1) is 6.07 Å². The number of hydrogen-bond acceptors (Lipinski definition) is 2. The largest absolute Gasteiger partial charge is 0.292 e. The van der Waals surface area contributed by atoms with Gasteiger partial charge in [0.1, 0.15) is 5.92 Å². The van der Waals surface area contributed by atoms with Crippen molar-refractivity contribution in [2.24, 2.45) is 0 Å². The molecule has 0 amide bonds. The van der Waals surface area contributed by atoms with Crippen LogP contribution in [-0.2, 0) is 0 Å². The van der Waals surface area contributed by atoms with Gasteiger partial charge in [-0.05, 0) is 58.5 Å². The summed E-state index contributed by atoms with van der Waals surface area (Å²) in [5, 5.41) is 10.5. The maximum Gasteiger partial charge on any atom is 0.185 e. The molecule has 1 unspecified atom stereocenters. The lowest BCUT2D eigenvalue weighted by Crippen LogP contribution is -2.13. The summed E-state index contributed by atoms with van der Waals surface area (Å²) in [4.78, 5) is 12.6. The molecule has 2 aromatic carbocycles. The molecule has 0 aliphatic rings. The Balaban J connectivity index is 2.49. The fourth-order valence-electron chi connectivity index (χ4n) is 1.85. The molecule has 0 radical (unpaired) electrons.